The normalized spacial score (nSPS) is 11.9. The van der Waals surface area contributed by atoms with E-state index in [-0.39, 0.29) is 0 Å². The van der Waals surface area contributed by atoms with Gasteiger partial charge in [-0.1, -0.05) is 48.5 Å². The van der Waals surface area contributed by atoms with Crippen molar-refractivity contribution in [3.63, 3.8) is 0 Å². The first-order valence-corrected chi connectivity index (χ1v) is 6.39. The molecule has 0 fully saturated rings. The fourth-order valence-corrected chi connectivity index (χ4v) is 2.34. The maximum absolute atomic E-state index is 5.77. The average molecular weight is 248 g/mol. The molecule has 0 saturated carbocycles. The highest BCUT2D eigenvalue weighted by atomic mass is 14.7. The molecule has 0 bridgehead atoms. The quantitative estimate of drug-likeness (QED) is 0.729. The van der Waals surface area contributed by atoms with Crippen LogP contribution >= 0.6 is 0 Å². The number of aromatic nitrogens is 1. The van der Waals surface area contributed by atoms with E-state index in [0.717, 1.165) is 12.0 Å². The number of rotatable bonds is 3. The smallest absolute Gasteiger partial charge is 0.0456 e. The number of H-pyrrole nitrogens is 1. The van der Waals surface area contributed by atoms with Crippen LogP contribution in [0.2, 0.25) is 0 Å². The van der Waals surface area contributed by atoms with Gasteiger partial charge < -0.3 is 10.7 Å². The fraction of sp³-hybridized carbons (Fsp3) is 0.0588. The summed E-state index contributed by atoms with van der Waals surface area (Å²) in [6.07, 6.45) is 2.51. The SMILES string of the molecule is NC=C(Cc1cc2ccccc2[nH]1)c1ccccc1. The number of allylic oxidation sites excluding steroid dienone is 1. The third-order valence-corrected chi connectivity index (χ3v) is 3.31. The Morgan fingerprint density at radius 2 is 1.74 bits per heavy atom. The van der Waals surface area contributed by atoms with Crippen LogP contribution in [0.25, 0.3) is 16.5 Å². The summed E-state index contributed by atoms with van der Waals surface area (Å²) in [6.45, 7) is 0. The number of fused-ring (bicyclic) bond motifs is 1. The summed E-state index contributed by atoms with van der Waals surface area (Å²) < 4.78 is 0. The van der Waals surface area contributed by atoms with E-state index in [1.165, 1.54) is 22.2 Å². The molecule has 2 aromatic carbocycles. The zero-order chi connectivity index (χ0) is 13.1. The minimum absolute atomic E-state index is 0.815. The summed E-state index contributed by atoms with van der Waals surface area (Å²) in [4.78, 5) is 3.43. The first-order valence-electron chi connectivity index (χ1n) is 6.39. The van der Waals surface area contributed by atoms with Crippen LogP contribution in [0.15, 0.2) is 66.9 Å². The molecule has 0 unspecified atom stereocenters. The second kappa shape index (κ2) is 5.02. The standard InChI is InChI=1S/C17H16N2/c18-12-15(13-6-2-1-3-7-13)11-16-10-14-8-4-5-9-17(14)19-16/h1-10,12,19H,11,18H2. The summed E-state index contributed by atoms with van der Waals surface area (Å²) in [5.74, 6) is 0. The highest BCUT2D eigenvalue weighted by molar-refractivity contribution is 5.81. The molecule has 2 nitrogen and oxygen atoms in total. The number of para-hydroxylation sites is 1. The van der Waals surface area contributed by atoms with E-state index in [9.17, 15) is 0 Å². The van der Waals surface area contributed by atoms with Crippen LogP contribution in [0.3, 0.4) is 0 Å². The highest BCUT2D eigenvalue weighted by Crippen LogP contribution is 2.21. The molecule has 2 heteroatoms. The maximum atomic E-state index is 5.77. The van der Waals surface area contributed by atoms with Crippen LogP contribution in [0.5, 0.6) is 0 Å². The molecular formula is C17H16N2. The van der Waals surface area contributed by atoms with Crippen molar-refractivity contribution >= 4 is 16.5 Å². The molecule has 0 aliphatic rings. The van der Waals surface area contributed by atoms with Crippen LogP contribution in [0.1, 0.15) is 11.3 Å². The minimum atomic E-state index is 0.815. The molecule has 1 heterocycles. The Bertz CT molecular complexity index is 675. The lowest BCUT2D eigenvalue weighted by Gasteiger charge is -2.05. The van der Waals surface area contributed by atoms with Crippen molar-refractivity contribution in [3.8, 4) is 0 Å². The Morgan fingerprint density at radius 1 is 1.00 bits per heavy atom. The van der Waals surface area contributed by atoms with Gasteiger partial charge in [0.2, 0.25) is 0 Å². The third kappa shape index (κ3) is 2.38. The molecule has 0 aliphatic heterocycles. The fourth-order valence-electron chi connectivity index (χ4n) is 2.34. The molecular weight excluding hydrogens is 232 g/mol. The lowest BCUT2D eigenvalue weighted by Crippen LogP contribution is -1.94. The maximum Gasteiger partial charge on any atom is 0.0456 e. The number of hydrogen-bond acceptors (Lipinski definition) is 1. The molecule has 19 heavy (non-hydrogen) atoms. The molecule has 0 spiro atoms. The first-order chi connectivity index (χ1) is 9.36. The lowest BCUT2D eigenvalue weighted by atomic mass is 10.0. The first kappa shape index (κ1) is 11.6. The Balaban J connectivity index is 1.91. The Kier molecular flexibility index (Phi) is 3.07. The van der Waals surface area contributed by atoms with E-state index in [1.54, 1.807) is 6.20 Å². The van der Waals surface area contributed by atoms with Gasteiger partial charge in [0.1, 0.15) is 0 Å². The van der Waals surface area contributed by atoms with Crippen molar-refractivity contribution in [2.75, 3.05) is 0 Å². The lowest BCUT2D eigenvalue weighted by molar-refractivity contribution is 1.18. The molecule has 0 radical (unpaired) electrons. The average Bonchev–Trinajstić information content (AvgIpc) is 2.88. The summed E-state index contributed by atoms with van der Waals surface area (Å²) in [5.41, 5.74) is 10.4. The van der Waals surface area contributed by atoms with Gasteiger partial charge in [-0.15, -0.1) is 0 Å². The Labute approximate surface area is 112 Å². The molecule has 0 atom stereocenters. The number of nitrogens with two attached hydrogens (primary N) is 1. The van der Waals surface area contributed by atoms with Gasteiger partial charge in [-0.3, -0.25) is 0 Å². The number of hydrogen-bond donors (Lipinski definition) is 2. The predicted molar refractivity (Wildman–Crippen MR) is 80.6 cm³/mol. The van der Waals surface area contributed by atoms with Gasteiger partial charge in [0.05, 0.1) is 0 Å². The van der Waals surface area contributed by atoms with E-state index in [4.69, 9.17) is 5.73 Å². The Hall–Kier alpha value is -2.48. The second-order valence-electron chi connectivity index (χ2n) is 4.62. The largest absolute Gasteiger partial charge is 0.404 e. The second-order valence-corrected chi connectivity index (χ2v) is 4.62. The van der Waals surface area contributed by atoms with E-state index in [0.29, 0.717) is 0 Å². The summed E-state index contributed by atoms with van der Waals surface area (Å²) in [7, 11) is 0. The van der Waals surface area contributed by atoms with Crippen molar-refractivity contribution in [1.82, 2.24) is 4.98 Å². The van der Waals surface area contributed by atoms with Crippen molar-refractivity contribution in [2.24, 2.45) is 5.73 Å². The van der Waals surface area contributed by atoms with Crippen LogP contribution < -0.4 is 5.73 Å². The topological polar surface area (TPSA) is 41.8 Å². The van der Waals surface area contributed by atoms with Crippen LogP contribution in [0.4, 0.5) is 0 Å². The molecule has 1 aromatic heterocycles. The van der Waals surface area contributed by atoms with Crippen LogP contribution in [-0.2, 0) is 6.42 Å². The number of benzene rings is 2. The predicted octanol–water partition coefficient (Wildman–Crippen LogP) is 3.71. The third-order valence-electron chi connectivity index (χ3n) is 3.31. The Morgan fingerprint density at radius 3 is 2.47 bits per heavy atom. The molecule has 0 saturated heterocycles. The van der Waals surface area contributed by atoms with Gasteiger partial charge in [-0.25, -0.2) is 0 Å². The summed E-state index contributed by atoms with van der Waals surface area (Å²) in [5, 5.41) is 1.24. The highest BCUT2D eigenvalue weighted by Gasteiger charge is 2.05. The molecule has 94 valence electrons. The van der Waals surface area contributed by atoms with Crippen LogP contribution in [0, 0.1) is 0 Å². The van der Waals surface area contributed by atoms with E-state index in [2.05, 4.69) is 41.4 Å². The zero-order valence-electron chi connectivity index (χ0n) is 10.6. The minimum Gasteiger partial charge on any atom is -0.404 e. The monoisotopic (exact) mass is 248 g/mol. The van der Waals surface area contributed by atoms with Crippen molar-refractivity contribution in [2.45, 2.75) is 6.42 Å². The van der Waals surface area contributed by atoms with Gasteiger partial charge in [-0.2, -0.15) is 0 Å². The number of nitrogens with one attached hydrogen (secondary N) is 1. The van der Waals surface area contributed by atoms with E-state index < -0.39 is 0 Å². The van der Waals surface area contributed by atoms with Crippen molar-refractivity contribution in [1.29, 1.82) is 0 Å². The molecule has 3 aromatic rings. The van der Waals surface area contributed by atoms with Crippen LogP contribution in [-0.4, -0.2) is 4.98 Å². The zero-order valence-corrected chi connectivity index (χ0v) is 10.6. The van der Waals surface area contributed by atoms with Gasteiger partial charge >= 0.3 is 0 Å². The summed E-state index contributed by atoms with van der Waals surface area (Å²) in [6, 6.07) is 20.7. The van der Waals surface area contributed by atoms with E-state index >= 15 is 0 Å². The van der Waals surface area contributed by atoms with Gasteiger partial charge in [0.25, 0.3) is 0 Å². The van der Waals surface area contributed by atoms with Gasteiger partial charge in [-0.05, 0) is 34.9 Å². The molecule has 0 amide bonds. The van der Waals surface area contributed by atoms with Gasteiger partial charge in [0.15, 0.2) is 0 Å². The summed E-state index contributed by atoms with van der Waals surface area (Å²) >= 11 is 0. The van der Waals surface area contributed by atoms with Crippen molar-refractivity contribution < 1.29 is 0 Å². The molecule has 3 rings (SSSR count). The van der Waals surface area contributed by atoms with Gasteiger partial charge in [0, 0.05) is 17.6 Å². The van der Waals surface area contributed by atoms with Crippen molar-refractivity contribution in [3.05, 3.63) is 78.1 Å². The van der Waals surface area contributed by atoms with E-state index in [1.807, 2.05) is 24.3 Å². The molecule has 3 N–H and O–H groups in total. The number of aromatic amines is 1. The molecule has 0 aliphatic carbocycles.